The maximum atomic E-state index is 13.1. The SMILES string of the molecule is CCc1ccc(N2C(=O)C(=O)/C(=C(\O)c3ccc(OCC(C)C)cc3)C2c2ccco2)cc1. The van der Waals surface area contributed by atoms with Gasteiger partial charge < -0.3 is 14.3 Å². The smallest absolute Gasteiger partial charge is 0.300 e. The summed E-state index contributed by atoms with van der Waals surface area (Å²) in [5, 5.41) is 11.1. The largest absolute Gasteiger partial charge is 0.507 e. The van der Waals surface area contributed by atoms with Gasteiger partial charge in [0.1, 0.15) is 23.3 Å². The van der Waals surface area contributed by atoms with Gasteiger partial charge in [0.25, 0.3) is 11.7 Å². The van der Waals surface area contributed by atoms with Gasteiger partial charge in [0.05, 0.1) is 18.4 Å². The molecule has 33 heavy (non-hydrogen) atoms. The van der Waals surface area contributed by atoms with Gasteiger partial charge in [-0.2, -0.15) is 0 Å². The van der Waals surface area contributed by atoms with Crippen molar-refractivity contribution in [2.24, 2.45) is 5.92 Å². The van der Waals surface area contributed by atoms with Gasteiger partial charge in [-0.15, -0.1) is 0 Å². The van der Waals surface area contributed by atoms with Crippen molar-refractivity contribution in [3.63, 3.8) is 0 Å². The molecule has 170 valence electrons. The van der Waals surface area contributed by atoms with Crippen LogP contribution in [0.2, 0.25) is 0 Å². The molecule has 6 heteroatoms. The van der Waals surface area contributed by atoms with Crippen molar-refractivity contribution in [2.75, 3.05) is 11.5 Å². The van der Waals surface area contributed by atoms with E-state index in [1.165, 1.54) is 11.2 Å². The van der Waals surface area contributed by atoms with Crippen LogP contribution in [0.4, 0.5) is 5.69 Å². The highest BCUT2D eigenvalue weighted by Gasteiger charge is 2.48. The molecule has 1 unspecified atom stereocenters. The molecule has 2 aromatic carbocycles. The normalized spacial score (nSPS) is 17.7. The fourth-order valence-corrected chi connectivity index (χ4v) is 3.83. The number of rotatable bonds is 7. The van der Waals surface area contributed by atoms with E-state index in [2.05, 4.69) is 13.8 Å². The second kappa shape index (κ2) is 9.36. The van der Waals surface area contributed by atoms with Crippen LogP contribution >= 0.6 is 0 Å². The molecule has 0 spiro atoms. The van der Waals surface area contributed by atoms with Crippen LogP contribution in [0.3, 0.4) is 0 Å². The predicted octanol–water partition coefficient (Wildman–Crippen LogP) is 5.50. The molecule has 1 N–H and O–H groups in total. The van der Waals surface area contributed by atoms with Gasteiger partial charge in [-0.1, -0.05) is 32.9 Å². The van der Waals surface area contributed by atoms with E-state index in [1.54, 1.807) is 48.5 Å². The van der Waals surface area contributed by atoms with Gasteiger partial charge in [0.2, 0.25) is 0 Å². The van der Waals surface area contributed by atoms with E-state index in [9.17, 15) is 14.7 Å². The van der Waals surface area contributed by atoms with Crippen molar-refractivity contribution in [1.29, 1.82) is 0 Å². The first kappa shape index (κ1) is 22.4. The summed E-state index contributed by atoms with van der Waals surface area (Å²) in [5.74, 6) is -0.272. The molecule has 1 atom stereocenters. The number of nitrogens with zero attached hydrogens (tertiary/aromatic N) is 1. The summed E-state index contributed by atoms with van der Waals surface area (Å²) >= 11 is 0. The lowest BCUT2D eigenvalue weighted by Gasteiger charge is -2.23. The van der Waals surface area contributed by atoms with Crippen molar-refractivity contribution in [1.82, 2.24) is 0 Å². The maximum absolute atomic E-state index is 13.1. The van der Waals surface area contributed by atoms with Crippen LogP contribution in [0.25, 0.3) is 5.76 Å². The van der Waals surface area contributed by atoms with E-state index in [-0.39, 0.29) is 11.3 Å². The summed E-state index contributed by atoms with van der Waals surface area (Å²) in [5.41, 5.74) is 2.09. The molecule has 1 fully saturated rings. The number of hydrogen-bond donors (Lipinski definition) is 1. The fourth-order valence-electron chi connectivity index (χ4n) is 3.83. The van der Waals surface area contributed by atoms with E-state index in [1.807, 2.05) is 19.1 Å². The molecule has 1 saturated heterocycles. The summed E-state index contributed by atoms with van der Waals surface area (Å²) in [6.07, 6.45) is 2.34. The standard InChI is InChI=1S/C27H27NO5/c1-4-18-7-11-20(12-8-18)28-24(22-6-5-15-32-22)23(26(30)27(28)31)25(29)19-9-13-21(14-10-19)33-16-17(2)3/h5-15,17,24,29H,4,16H2,1-3H3/b25-23-. The van der Waals surface area contributed by atoms with Crippen LogP contribution in [-0.4, -0.2) is 23.4 Å². The quantitative estimate of drug-likeness (QED) is 0.295. The van der Waals surface area contributed by atoms with Crippen molar-refractivity contribution < 1.29 is 23.8 Å². The molecule has 0 saturated carbocycles. The number of furan rings is 1. The Hall–Kier alpha value is -3.80. The Morgan fingerprint density at radius 2 is 1.76 bits per heavy atom. The third kappa shape index (κ3) is 4.42. The van der Waals surface area contributed by atoms with E-state index in [0.717, 1.165) is 12.0 Å². The maximum Gasteiger partial charge on any atom is 0.300 e. The molecular weight excluding hydrogens is 418 g/mol. The Balaban J connectivity index is 1.76. The molecule has 0 bridgehead atoms. The molecule has 1 aromatic heterocycles. The number of hydrogen-bond acceptors (Lipinski definition) is 5. The Morgan fingerprint density at radius 3 is 2.33 bits per heavy atom. The minimum Gasteiger partial charge on any atom is -0.507 e. The molecule has 2 heterocycles. The van der Waals surface area contributed by atoms with Crippen LogP contribution < -0.4 is 9.64 Å². The van der Waals surface area contributed by atoms with E-state index in [4.69, 9.17) is 9.15 Å². The predicted molar refractivity (Wildman–Crippen MR) is 126 cm³/mol. The number of carbonyl (C=O) groups excluding carboxylic acids is 2. The summed E-state index contributed by atoms with van der Waals surface area (Å²) < 4.78 is 11.3. The first-order valence-corrected chi connectivity index (χ1v) is 11.1. The van der Waals surface area contributed by atoms with Crippen LogP contribution in [0, 0.1) is 5.92 Å². The average Bonchev–Trinajstić information content (AvgIpc) is 3.44. The highest BCUT2D eigenvalue weighted by Crippen LogP contribution is 2.42. The van der Waals surface area contributed by atoms with Crippen molar-refractivity contribution in [2.45, 2.75) is 33.2 Å². The topological polar surface area (TPSA) is 80.0 Å². The molecule has 6 nitrogen and oxygen atoms in total. The van der Waals surface area contributed by atoms with Crippen molar-refractivity contribution in [3.8, 4) is 5.75 Å². The first-order chi connectivity index (χ1) is 15.9. The Morgan fingerprint density at radius 1 is 1.06 bits per heavy atom. The van der Waals surface area contributed by atoms with Crippen LogP contribution in [-0.2, 0) is 16.0 Å². The van der Waals surface area contributed by atoms with Crippen LogP contribution in [0.5, 0.6) is 5.75 Å². The van der Waals surface area contributed by atoms with Gasteiger partial charge in [-0.3, -0.25) is 14.5 Å². The number of Topliss-reactive ketones (excluding diaryl/α,β-unsaturated/α-hetero) is 1. The zero-order chi connectivity index (χ0) is 23.5. The van der Waals surface area contributed by atoms with Crippen molar-refractivity contribution in [3.05, 3.63) is 89.4 Å². The minimum absolute atomic E-state index is 0.00892. The highest BCUT2D eigenvalue weighted by atomic mass is 16.5. The average molecular weight is 446 g/mol. The number of ether oxygens (including phenoxy) is 1. The number of ketones is 1. The molecule has 1 aliphatic heterocycles. The highest BCUT2D eigenvalue weighted by molar-refractivity contribution is 6.51. The molecule has 0 radical (unpaired) electrons. The summed E-state index contributed by atoms with van der Waals surface area (Å²) in [6, 6.07) is 16.8. The van der Waals surface area contributed by atoms with Crippen molar-refractivity contribution >= 4 is 23.1 Å². The number of anilines is 1. The third-order valence-corrected chi connectivity index (χ3v) is 5.59. The summed E-state index contributed by atoms with van der Waals surface area (Å²) in [6.45, 7) is 6.74. The van der Waals surface area contributed by atoms with Gasteiger partial charge >= 0.3 is 0 Å². The molecule has 1 amide bonds. The fraction of sp³-hybridized carbons (Fsp3) is 0.259. The Labute approximate surface area is 193 Å². The molecule has 0 aliphatic carbocycles. The van der Waals surface area contributed by atoms with Gasteiger partial charge in [0.15, 0.2) is 0 Å². The Bertz CT molecular complexity index is 1160. The number of amides is 1. The van der Waals surface area contributed by atoms with E-state index >= 15 is 0 Å². The number of carbonyl (C=O) groups is 2. The molecule has 4 rings (SSSR count). The third-order valence-electron chi connectivity index (χ3n) is 5.59. The summed E-state index contributed by atoms with van der Waals surface area (Å²) in [4.78, 5) is 27.6. The molecular formula is C27H27NO5. The zero-order valence-electron chi connectivity index (χ0n) is 18.9. The van der Waals surface area contributed by atoms with Gasteiger partial charge in [0, 0.05) is 11.3 Å². The minimum atomic E-state index is -0.871. The summed E-state index contributed by atoms with van der Waals surface area (Å²) in [7, 11) is 0. The van der Waals surface area contributed by atoms with Gasteiger partial charge in [-0.25, -0.2) is 0 Å². The second-order valence-corrected chi connectivity index (χ2v) is 8.43. The monoisotopic (exact) mass is 445 g/mol. The number of aliphatic hydroxyl groups is 1. The number of aliphatic hydroxyl groups excluding tert-OH is 1. The van der Waals surface area contributed by atoms with Crippen LogP contribution in [0.15, 0.2) is 76.9 Å². The molecule has 1 aliphatic rings. The zero-order valence-corrected chi connectivity index (χ0v) is 18.9. The first-order valence-electron chi connectivity index (χ1n) is 11.1. The lowest BCUT2D eigenvalue weighted by molar-refractivity contribution is -0.132. The van der Waals surface area contributed by atoms with Crippen LogP contribution in [0.1, 0.15) is 43.7 Å². The van der Waals surface area contributed by atoms with E-state index < -0.39 is 17.7 Å². The molecule has 3 aromatic rings. The second-order valence-electron chi connectivity index (χ2n) is 8.43. The van der Waals surface area contributed by atoms with Gasteiger partial charge in [-0.05, 0) is 66.4 Å². The van der Waals surface area contributed by atoms with E-state index in [0.29, 0.717) is 35.3 Å². The number of benzene rings is 2. The lowest BCUT2D eigenvalue weighted by atomic mass is 9.99. The lowest BCUT2D eigenvalue weighted by Crippen LogP contribution is -2.29. The Kier molecular flexibility index (Phi) is 6.36. The number of aryl methyl sites for hydroxylation is 1.